The molecule has 0 atom stereocenters. The third-order valence-corrected chi connectivity index (χ3v) is 4.21. The zero-order valence-corrected chi connectivity index (χ0v) is 12.2. The van der Waals surface area contributed by atoms with E-state index >= 15 is 0 Å². The lowest BCUT2D eigenvalue weighted by Crippen LogP contribution is -2.39. The first-order valence-corrected chi connectivity index (χ1v) is 7.36. The van der Waals surface area contributed by atoms with Gasteiger partial charge < -0.3 is 5.32 Å². The fourth-order valence-corrected chi connectivity index (χ4v) is 2.73. The molecule has 98 valence electrons. The van der Waals surface area contributed by atoms with Gasteiger partial charge in [0.05, 0.1) is 5.69 Å². The van der Waals surface area contributed by atoms with Crippen LogP contribution in [0.5, 0.6) is 0 Å². The Morgan fingerprint density at radius 1 is 1.16 bits per heavy atom. The molecule has 1 N–H and O–H groups in total. The second-order valence-electron chi connectivity index (χ2n) is 5.01. The van der Waals surface area contributed by atoms with E-state index in [1.165, 1.54) is 18.4 Å². The molecule has 0 unspecified atom stereocenters. The summed E-state index contributed by atoms with van der Waals surface area (Å²) in [6.07, 6.45) is 4.13. The van der Waals surface area contributed by atoms with Gasteiger partial charge in [0, 0.05) is 23.3 Å². The van der Waals surface area contributed by atoms with Crippen molar-refractivity contribution in [1.82, 2.24) is 15.5 Å². The quantitative estimate of drug-likeness (QED) is 0.940. The lowest BCUT2D eigenvalue weighted by Gasteiger charge is -2.36. The van der Waals surface area contributed by atoms with Crippen LogP contribution >= 0.6 is 15.9 Å². The number of benzene rings is 1. The molecule has 2 aromatic rings. The molecule has 0 saturated heterocycles. The molecule has 1 aliphatic rings. The van der Waals surface area contributed by atoms with Crippen molar-refractivity contribution in [3.63, 3.8) is 0 Å². The first kappa shape index (κ1) is 12.8. The Bertz CT molecular complexity index is 521. The SMILES string of the molecule is Brc1ccc(C2CC(NCc3cccnn3)C2)cc1. The van der Waals surface area contributed by atoms with Crippen LogP contribution in [-0.4, -0.2) is 16.2 Å². The highest BCUT2D eigenvalue weighted by Gasteiger charge is 2.29. The van der Waals surface area contributed by atoms with E-state index in [-0.39, 0.29) is 0 Å². The lowest BCUT2D eigenvalue weighted by molar-refractivity contribution is 0.288. The van der Waals surface area contributed by atoms with E-state index in [1.807, 2.05) is 12.1 Å². The summed E-state index contributed by atoms with van der Waals surface area (Å²) >= 11 is 3.47. The summed E-state index contributed by atoms with van der Waals surface area (Å²) in [5, 5.41) is 11.5. The van der Waals surface area contributed by atoms with E-state index in [9.17, 15) is 0 Å². The fourth-order valence-electron chi connectivity index (χ4n) is 2.47. The summed E-state index contributed by atoms with van der Waals surface area (Å²) in [5.74, 6) is 0.701. The van der Waals surface area contributed by atoms with Gasteiger partial charge in [-0.2, -0.15) is 10.2 Å². The van der Waals surface area contributed by atoms with Crippen LogP contribution in [0.4, 0.5) is 0 Å². The highest BCUT2D eigenvalue weighted by molar-refractivity contribution is 9.10. The van der Waals surface area contributed by atoms with Gasteiger partial charge >= 0.3 is 0 Å². The van der Waals surface area contributed by atoms with Crippen molar-refractivity contribution < 1.29 is 0 Å². The van der Waals surface area contributed by atoms with Gasteiger partial charge in [-0.3, -0.25) is 0 Å². The summed E-state index contributed by atoms with van der Waals surface area (Å²) in [5.41, 5.74) is 2.45. The number of aromatic nitrogens is 2. The summed E-state index contributed by atoms with van der Waals surface area (Å²) in [7, 11) is 0. The minimum absolute atomic E-state index is 0.607. The lowest BCUT2D eigenvalue weighted by atomic mass is 9.76. The first-order chi connectivity index (χ1) is 9.31. The van der Waals surface area contributed by atoms with Crippen LogP contribution in [0.15, 0.2) is 47.1 Å². The van der Waals surface area contributed by atoms with Crippen molar-refractivity contribution in [3.05, 3.63) is 58.3 Å². The topological polar surface area (TPSA) is 37.8 Å². The summed E-state index contributed by atoms with van der Waals surface area (Å²) in [6.45, 7) is 0.811. The zero-order chi connectivity index (χ0) is 13.1. The van der Waals surface area contributed by atoms with Gasteiger partial charge in [-0.15, -0.1) is 0 Å². The van der Waals surface area contributed by atoms with E-state index in [0.29, 0.717) is 12.0 Å². The second-order valence-corrected chi connectivity index (χ2v) is 5.93. The minimum Gasteiger partial charge on any atom is -0.308 e. The van der Waals surface area contributed by atoms with Crippen molar-refractivity contribution >= 4 is 15.9 Å². The Labute approximate surface area is 121 Å². The molecule has 1 fully saturated rings. The van der Waals surface area contributed by atoms with Crippen LogP contribution < -0.4 is 5.32 Å². The molecule has 1 aromatic heterocycles. The molecule has 0 spiro atoms. The maximum Gasteiger partial charge on any atom is 0.0769 e. The van der Waals surface area contributed by atoms with Crippen LogP contribution in [0.2, 0.25) is 0 Å². The molecule has 1 saturated carbocycles. The summed E-state index contributed by atoms with van der Waals surface area (Å²) in [6, 6.07) is 13.2. The van der Waals surface area contributed by atoms with Crippen molar-refractivity contribution in [2.45, 2.75) is 31.3 Å². The molecule has 0 radical (unpaired) electrons. The van der Waals surface area contributed by atoms with Crippen LogP contribution in [0.1, 0.15) is 30.0 Å². The first-order valence-electron chi connectivity index (χ1n) is 6.56. The molecule has 0 aliphatic heterocycles. The molecule has 1 aliphatic carbocycles. The fraction of sp³-hybridized carbons (Fsp3) is 0.333. The predicted molar refractivity (Wildman–Crippen MR) is 78.8 cm³/mol. The second kappa shape index (κ2) is 5.80. The van der Waals surface area contributed by atoms with E-state index in [4.69, 9.17) is 0 Å². The minimum atomic E-state index is 0.607. The molecular formula is C15H16BrN3. The predicted octanol–water partition coefficient (Wildman–Crippen LogP) is 3.27. The molecule has 4 heteroatoms. The Balaban J connectivity index is 1.47. The van der Waals surface area contributed by atoms with Crippen LogP contribution in [0.3, 0.4) is 0 Å². The largest absolute Gasteiger partial charge is 0.308 e. The van der Waals surface area contributed by atoms with Crippen molar-refractivity contribution in [1.29, 1.82) is 0 Å². The number of halogens is 1. The summed E-state index contributed by atoms with van der Waals surface area (Å²) < 4.78 is 1.15. The molecule has 1 heterocycles. The Morgan fingerprint density at radius 2 is 1.95 bits per heavy atom. The van der Waals surface area contributed by atoms with Crippen molar-refractivity contribution in [2.75, 3.05) is 0 Å². The van der Waals surface area contributed by atoms with Gasteiger partial charge in [-0.25, -0.2) is 0 Å². The highest BCUT2D eigenvalue weighted by atomic mass is 79.9. The number of rotatable bonds is 4. The van der Waals surface area contributed by atoms with Crippen molar-refractivity contribution in [3.8, 4) is 0 Å². The monoisotopic (exact) mass is 317 g/mol. The molecule has 0 amide bonds. The normalized spacial score (nSPS) is 21.9. The average molecular weight is 318 g/mol. The third-order valence-electron chi connectivity index (χ3n) is 3.68. The Morgan fingerprint density at radius 3 is 2.63 bits per heavy atom. The average Bonchev–Trinajstić information content (AvgIpc) is 2.40. The van der Waals surface area contributed by atoms with E-state index in [2.05, 4.69) is 55.7 Å². The number of hydrogen-bond acceptors (Lipinski definition) is 3. The van der Waals surface area contributed by atoms with Crippen LogP contribution in [0.25, 0.3) is 0 Å². The van der Waals surface area contributed by atoms with Gasteiger partial charge in [0.25, 0.3) is 0 Å². The molecule has 1 aromatic carbocycles. The molecule has 3 rings (SSSR count). The van der Waals surface area contributed by atoms with E-state index < -0.39 is 0 Å². The number of hydrogen-bond donors (Lipinski definition) is 1. The van der Waals surface area contributed by atoms with E-state index in [0.717, 1.165) is 16.7 Å². The number of nitrogens with zero attached hydrogens (tertiary/aromatic N) is 2. The van der Waals surface area contributed by atoms with Gasteiger partial charge in [0.2, 0.25) is 0 Å². The maximum absolute atomic E-state index is 4.08. The van der Waals surface area contributed by atoms with Gasteiger partial charge in [-0.1, -0.05) is 28.1 Å². The molecule has 19 heavy (non-hydrogen) atoms. The van der Waals surface area contributed by atoms with Crippen LogP contribution in [-0.2, 0) is 6.54 Å². The smallest absolute Gasteiger partial charge is 0.0769 e. The highest BCUT2D eigenvalue weighted by Crippen LogP contribution is 2.37. The Hall–Kier alpha value is -1.26. The standard InChI is InChI=1S/C15H16BrN3/c16-13-5-3-11(4-6-13)12-8-15(9-12)17-10-14-2-1-7-18-19-14/h1-7,12,15,17H,8-10H2. The zero-order valence-electron chi connectivity index (χ0n) is 10.6. The molecule has 3 nitrogen and oxygen atoms in total. The summed E-state index contributed by atoms with van der Waals surface area (Å²) in [4.78, 5) is 0. The van der Waals surface area contributed by atoms with Crippen LogP contribution in [0, 0.1) is 0 Å². The molecular weight excluding hydrogens is 302 g/mol. The maximum atomic E-state index is 4.08. The molecule has 0 bridgehead atoms. The van der Waals surface area contributed by atoms with Gasteiger partial charge in [0.1, 0.15) is 0 Å². The van der Waals surface area contributed by atoms with Gasteiger partial charge in [0.15, 0.2) is 0 Å². The number of nitrogens with one attached hydrogen (secondary N) is 1. The van der Waals surface area contributed by atoms with Gasteiger partial charge in [-0.05, 0) is 48.6 Å². The van der Waals surface area contributed by atoms with Crippen molar-refractivity contribution in [2.24, 2.45) is 0 Å². The van der Waals surface area contributed by atoms with E-state index in [1.54, 1.807) is 6.20 Å². The Kier molecular flexibility index (Phi) is 3.89. The third kappa shape index (κ3) is 3.19.